The van der Waals surface area contributed by atoms with Crippen molar-refractivity contribution in [3.63, 3.8) is 0 Å². The first-order valence-corrected chi connectivity index (χ1v) is 7.94. The Morgan fingerprint density at radius 3 is 2.50 bits per heavy atom. The minimum Gasteiger partial charge on any atom is -0.494 e. The third-order valence-electron chi connectivity index (χ3n) is 3.92. The van der Waals surface area contributed by atoms with E-state index in [0.717, 1.165) is 51.1 Å². The maximum atomic E-state index is 12.1. The molecule has 0 aliphatic carbocycles. The number of likely N-dealkylation sites (tertiary alicyclic amines) is 1. The number of benzene rings is 1. The SMILES string of the molecule is CCCOc1ccc(CCC(=O)N2CCC(N)CC2)cc1.Cl. The highest BCUT2D eigenvalue weighted by molar-refractivity contribution is 5.85. The summed E-state index contributed by atoms with van der Waals surface area (Å²) >= 11 is 0. The molecule has 0 aromatic heterocycles. The van der Waals surface area contributed by atoms with Crippen LogP contribution in [0.2, 0.25) is 0 Å². The molecule has 0 bridgehead atoms. The molecule has 1 aliphatic heterocycles. The van der Waals surface area contributed by atoms with Crippen molar-refractivity contribution in [3.05, 3.63) is 29.8 Å². The predicted molar refractivity (Wildman–Crippen MR) is 91.6 cm³/mol. The van der Waals surface area contributed by atoms with Gasteiger partial charge in [0.1, 0.15) is 5.75 Å². The number of hydrogen-bond donors (Lipinski definition) is 1. The van der Waals surface area contributed by atoms with Crippen LogP contribution in [0.1, 0.15) is 38.2 Å². The maximum Gasteiger partial charge on any atom is 0.222 e. The molecule has 0 unspecified atom stereocenters. The number of carbonyl (C=O) groups excluding carboxylic acids is 1. The van der Waals surface area contributed by atoms with Gasteiger partial charge in [-0.15, -0.1) is 12.4 Å². The molecule has 1 heterocycles. The van der Waals surface area contributed by atoms with Crippen LogP contribution in [0.5, 0.6) is 5.75 Å². The molecule has 4 nitrogen and oxygen atoms in total. The van der Waals surface area contributed by atoms with E-state index in [1.165, 1.54) is 5.56 Å². The van der Waals surface area contributed by atoms with E-state index in [1.807, 2.05) is 29.2 Å². The number of aryl methyl sites for hydroxylation is 1. The van der Waals surface area contributed by atoms with Gasteiger partial charge in [0.25, 0.3) is 0 Å². The molecule has 0 spiro atoms. The molecule has 1 aromatic carbocycles. The summed E-state index contributed by atoms with van der Waals surface area (Å²) < 4.78 is 5.55. The van der Waals surface area contributed by atoms with Gasteiger partial charge in [0, 0.05) is 25.6 Å². The van der Waals surface area contributed by atoms with Gasteiger partial charge in [0.05, 0.1) is 6.61 Å². The lowest BCUT2D eigenvalue weighted by Crippen LogP contribution is -2.42. The highest BCUT2D eigenvalue weighted by Gasteiger charge is 2.19. The molecule has 2 N–H and O–H groups in total. The Morgan fingerprint density at radius 2 is 1.91 bits per heavy atom. The van der Waals surface area contributed by atoms with Crippen molar-refractivity contribution in [2.24, 2.45) is 5.73 Å². The topological polar surface area (TPSA) is 55.6 Å². The van der Waals surface area contributed by atoms with Crippen LogP contribution in [-0.4, -0.2) is 36.5 Å². The van der Waals surface area contributed by atoms with E-state index < -0.39 is 0 Å². The number of amides is 1. The molecule has 1 fully saturated rings. The zero-order valence-corrected chi connectivity index (χ0v) is 14.1. The molecule has 0 radical (unpaired) electrons. The van der Waals surface area contributed by atoms with Crippen molar-refractivity contribution in [1.29, 1.82) is 0 Å². The summed E-state index contributed by atoms with van der Waals surface area (Å²) in [5.74, 6) is 1.14. The van der Waals surface area contributed by atoms with Crippen molar-refractivity contribution in [2.75, 3.05) is 19.7 Å². The molecular weight excluding hydrogens is 300 g/mol. The molecule has 124 valence electrons. The number of halogens is 1. The molecule has 1 saturated heterocycles. The van der Waals surface area contributed by atoms with Crippen LogP contribution in [0.3, 0.4) is 0 Å². The molecule has 1 amide bonds. The van der Waals surface area contributed by atoms with Crippen molar-refractivity contribution in [1.82, 2.24) is 4.90 Å². The van der Waals surface area contributed by atoms with Crippen LogP contribution in [0.4, 0.5) is 0 Å². The van der Waals surface area contributed by atoms with Crippen molar-refractivity contribution in [2.45, 2.75) is 45.1 Å². The van der Waals surface area contributed by atoms with Crippen molar-refractivity contribution >= 4 is 18.3 Å². The van der Waals surface area contributed by atoms with Crippen LogP contribution in [0.15, 0.2) is 24.3 Å². The third-order valence-corrected chi connectivity index (χ3v) is 3.92. The molecular formula is C17H27ClN2O2. The Balaban J connectivity index is 0.00000242. The highest BCUT2D eigenvalue weighted by atomic mass is 35.5. The fourth-order valence-corrected chi connectivity index (χ4v) is 2.53. The Labute approximate surface area is 139 Å². The summed E-state index contributed by atoms with van der Waals surface area (Å²) in [4.78, 5) is 14.1. The molecule has 22 heavy (non-hydrogen) atoms. The quantitative estimate of drug-likeness (QED) is 0.874. The second kappa shape index (κ2) is 9.70. The molecule has 5 heteroatoms. The summed E-state index contributed by atoms with van der Waals surface area (Å²) in [5, 5.41) is 0. The van der Waals surface area contributed by atoms with Gasteiger partial charge in [-0.3, -0.25) is 4.79 Å². The number of carbonyl (C=O) groups is 1. The van der Waals surface area contributed by atoms with Gasteiger partial charge in [-0.05, 0) is 43.4 Å². The van der Waals surface area contributed by atoms with Gasteiger partial charge in [0.15, 0.2) is 0 Å². The van der Waals surface area contributed by atoms with E-state index in [0.29, 0.717) is 6.42 Å². The minimum absolute atomic E-state index is 0. The maximum absolute atomic E-state index is 12.1. The summed E-state index contributed by atoms with van der Waals surface area (Å²) in [6.45, 7) is 4.45. The minimum atomic E-state index is 0. The fourth-order valence-electron chi connectivity index (χ4n) is 2.53. The number of piperidine rings is 1. The van der Waals surface area contributed by atoms with Crippen LogP contribution in [-0.2, 0) is 11.2 Å². The Bertz CT molecular complexity index is 442. The smallest absolute Gasteiger partial charge is 0.222 e. The van der Waals surface area contributed by atoms with Gasteiger partial charge >= 0.3 is 0 Å². The van der Waals surface area contributed by atoms with E-state index in [2.05, 4.69) is 6.92 Å². The normalized spacial score (nSPS) is 15.3. The van der Waals surface area contributed by atoms with Gasteiger partial charge in [0.2, 0.25) is 5.91 Å². The number of nitrogens with two attached hydrogens (primary N) is 1. The van der Waals surface area contributed by atoms with Gasteiger partial charge in [-0.1, -0.05) is 19.1 Å². The van der Waals surface area contributed by atoms with Crippen LogP contribution in [0.25, 0.3) is 0 Å². The number of nitrogens with zero attached hydrogens (tertiary/aromatic N) is 1. The third kappa shape index (κ3) is 5.85. The Hall–Kier alpha value is -1.26. The first kappa shape index (κ1) is 18.8. The Kier molecular flexibility index (Phi) is 8.28. The monoisotopic (exact) mass is 326 g/mol. The van der Waals surface area contributed by atoms with Gasteiger partial charge < -0.3 is 15.4 Å². The first-order chi connectivity index (χ1) is 10.2. The Morgan fingerprint density at radius 1 is 1.27 bits per heavy atom. The predicted octanol–water partition coefficient (Wildman–Crippen LogP) is 2.78. The fraction of sp³-hybridized carbons (Fsp3) is 0.588. The second-order valence-electron chi connectivity index (χ2n) is 5.71. The summed E-state index contributed by atoms with van der Waals surface area (Å²) in [6.07, 6.45) is 4.22. The van der Waals surface area contributed by atoms with Crippen molar-refractivity contribution in [3.8, 4) is 5.75 Å². The molecule has 1 aromatic rings. The molecule has 0 saturated carbocycles. The lowest BCUT2D eigenvalue weighted by atomic mass is 10.0. The van der Waals surface area contributed by atoms with E-state index in [9.17, 15) is 4.79 Å². The summed E-state index contributed by atoms with van der Waals surface area (Å²) in [6, 6.07) is 8.32. The van der Waals surface area contributed by atoms with Gasteiger partial charge in [-0.2, -0.15) is 0 Å². The molecule has 0 atom stereocenters. The van der Waals surface area contributed by atoms with Crippen LogP contribution in [0, 0.1) is 0 Å². The van der Waals surface area contributed by atoms with E-state index in [-0.39, 0.29) is 24.4 Å². The first-order valence-electron chi connectivity index (χ1n) is 7.94. The van der Waals surface area contributed by atoms with E-state index in [1.54, 1.807) is 0 Å². The van der Waals surface area contributed by atoms with Gasteiger partial charge in [-0.25, -0.2) is 0 Å². The average molecular weight is 327 g/mol. The largest absolute Gasteiger partial charge is 0.494 e. The highest BCUT2D eigenvalue weighted by Crippen LogP contribution is 2.15. The molecule has 1 aliphatic rings. The standard InChI is InChI=1S/C17H26N2O2.ClH/c1-2-13-21-16-6-3-14(4-7-16)5-8-17(20)19-11-9-15(18)10-12-19;/h3-4,6-7,15H,2,5,8-13,18H2,1H3;1H. The number of ether oxygens (including phenoxy) is 1. The van der Waals surface area contributed by atoms with Crippen LogP contribution < -0.4 is 10.5 Å². The second-order valence-corrected chi connectivity index (χ2v) is 5.71. The lowest BCUT2D eigenvalue weighted by molar-refractivity contribution is -0.132. The molecule has 2 rings (SSSR count). The summed E-state index contributed by atoms with van der Waals surface area (Å²) in [5.41, 5.74) is 7.04. The lowest BCUT2D eigenvalue weighted by Gasteiger charge is -2.30. The van der Waals surface area contributed by atoms with E-state index >= 15 is 0 Å². The van der Waals surface area contributed by atoms with Crippen LogP contribution >= 0.6 is 12.4 Å². The number of rotatable bonds is 6. The average Bonchev–Trinajstić information content (AvgIpc) is 2.52. The zero-order valence-electron chi connectivity index (χ0n) is 13.3. The zero-order chi connectivity index (χ0) is 15.1. The number of hydrogen-bond acceptors (Lipinski definition) is 3. The van der Waals surface area contributed by atoms with E-state index in [4.69, 9.17) is 10.5 Å². The summed E-state index contributed by atoms with van der Waals surface area (Å²) in [7, 11) is 0. The van der Waals surface area contributed by atoms with Crippen molar-refractivity contribution < 1.29 is 9.53 Å².